The number of hydrogen-bond acceptors (Lipinski definition) is 4. The summed E-state index contributed by atoms with van der Waals surface area (Å²) in [5.41, 5.74) is 0.498. The first-order valence-electron chi connectivity index (χ1n) is 6.13. The molecule has 0 aliphatic heterocycles. The van der Waals surface area contributed by atoms with Crippen LogP contribution in [-0.4, -0.2) is 43.5 Å². The van der Waals surface area contributed by atoms with E-state index in [1.54, 1.807) is 37.5 Å². The van der Waals surface area contributed by atoms with Gasteiger partial charge in [-0.25, -0.2) is 4.79 Å². The Balaban J connectivity index is 3.18. The minimum Gasteiger partial charge on any atom is -0.423 e. The Bertz CT molecular complexity index is 536. The second kappa shape index (κ2) is 6.77. The van der Waals surface area contributed by atoms with E-state index >= 15 is 0 Å². The summed E-state index contributed by atoms with van der Waals surface area (Å²) < 4.78 is 3.99. The standard InChI is InChI=1S/C15H17NO4/c1-4-16(2,15(19)20-3)14(18)13(11-17)10-12-8-6-5-7-9-12/h5-10H,4H2,1-3H3/q+1. The van der Waals surface area contributed by atoms with Gasteiger partial charge in [-0.05, 0) is 18.6 Å². The minimum atomic E-state index is -0.716. The first kappa shape index (κ1) is 15.8. The molecule has 0 aliphatic rings. The third kappa shape index (κ3) is 3.19. The van der Waals surface area contributed by atoms with Crippen molar-refractivity contribution in [2.24, 2.45) is 0 Å². The van der Waals surface area contributed by atoms with Gasteiger partial charge in [0.1, 0.15) is 5.57 Å². The maximum atomic E-state index is 12.4. The molecular weight excluding hydrogens is 258 g/mol. The molecule has 0 N–H and O–H groups in total. The molecule has 0 saturated carbocycles. The van der Waals surface area contributed by atoms with Crippen LogP contribution >= 0.6 is 0 Å². The number of ether oxygens (including phenoxy) is 1. The minimum absolute atomic E-state index is 0.180. The van der Waals surface area contributed by atoms with E-state index in [-0.39, 0.29) is 12.1 Å². The predicted molar refractivity (Wildman–Crippen MR) is 74.2 cm³/mol. The van der Waals surface area contributed by atoms with Gasteiger partial charge in [0.25, 0.3) is 0 Å². The summed E-state index contributed by atoms with van der Waals surface area (Å²) in [6, 6.07) is 8.89. The highest BCUT2D eigenvalue weighted by molar-refractivity contribution is 6.13. The van der Waals surface area contributed by atoms with Gasteiger partial charge < -0.3 is 4.74 Å². The fraction of sp³-hybridized carbons (Fsp3) is 0.267. The van der Waals surface area contributed by atoms with Gasteiger partial charge in [0.2, 0.25) is 6.29 Å². The van der Waals surface area contributed by atoms with Gasteiger partial charge in [-0.2, -0.15) is 9.28 Å². The normalized spacial score (nSPS) is 14.2. The summed E-state index contributed by atoms with van der Waals surface area (Å²) in [4.78, 5) is 35.2. The van der Waals surface area contributed by atoms with Crippen molar-refractivity contribution >= 4 is 24.4 Å². The van der Waals surface area contributed by atoms with Gasteiger partial charge >= 0.3 is 12.0 Å². The molecule has 0 fully saturated rings. The van der Waals surface area contributed by atoms with E-state index in [0.717, 1.165) is 0 Å². The molecule has 0 aromatic heterocycles. The summed E-state index contributed by atoms with van der Waals surface area (Å²) >= 11 is 0. The number of hydrogen-bond donors (Lipinski definition) is 0. The van der Waals surface area contributed by atoms with Crippen molar-refractivity contribution in [3.63, 3.8) is 0 Å². The van der Waals surface area contributed by atoms with Gasteiger partial charge in [0.05, 0.1) is 20.7 Å². The topological polar surface area (TPSA) is 60.4 Å². The molecule has 1 unspecified atom stereocenters. The molecule has 1 atom stereocenters. The van der Waals surface area contributed by atoms with Crippen molar-refractivity contribution in [2.75, 3.05) is 20.7 Å². The molecule has 1 rings (SSSR count). The fourth-order valence-corrected chi connectivity index (χ4v) is 1.67. The quantitative estimate of drug-likeness (QED) is 0.364. The maximum absolute atomic E-state index is 12.4. The summed E-state index contributed by atoms with van der Waals surface area (Å²) in [7, 11) is 2.61. The Morgan fingerprint density at radius 3 is 2.35 bits per heavy atom. The molecule has 1 radical (unpaired) electrons. The Labute approximate surface area is 118 Å². The molecule has 0 saturated heterocycles. The SMILES string of the molecule is CC[N+](C)(C(=O)OC)C(=O)C([C]=O)=Cc1ccccc1. The van der Waals surface area contributed by atoms with Crippen LogP contribution in [0.4, 0.5) is 4.79 Å². The van der Waals surface area contributed by atoms with Crippen molar-refractivity contribution in [3.8, 4) is 0 Å². The number of likely N-dealkylation sites (N-methyl/N-ethyl adjacent to an activating group) is 1. The van der Waals surface area contributed by atoms with Crippen LogP contribution < -0.4 is 0 Å². The highest BCUT2D eigenvalue weighted by Gasteiger charge is 2.42. The third-order valence-corrected chi connectivity index (χ3v) is 3.11. The lowest BCUT2D eigenvalue weighted by Gasteiger charge is -2.24. The Morgan fingerprint density at radius 1 is 1.30 bits per heavy atom. The van der Waals surface area contributed by atoms with Crippen molar-refractivity contribution in [2.45, 2.75) is 6.92 Å². The zero-order valence-electron chi connectivity index (χ0n) is 11.8. The molecule has 105 valence electrons. The van der Waals surface area contributed by atoms with Crippen molar-refractivity contribution < 1.29 is 23.6 Å². The van der Waals surface area contributed by atoms with E-state index in [9.17, 15) is 14.4 Å². The second-order valence-corrected chi connectivity index (χ2v) is 4.35. The molecule has 2 amide bonds. The van der Waals surface area contributed by atoms with E-state index in [4.69, 9.17) is 0 Å². The number of carbonyl (C=O) groups excluding carboxylic acids is 3. The number of amides is 2. The average Bonchev–Trinajstić information content (AvgIpc) is 2.51. The van der Waals surface area contributed by atoms with Crippen molar-refractivity contribution in [3.05, 3.63) is 41.5 Å². The van der Waals surface area contributed by atoms with Gasteiger partial charge in [-0.1, -0.05) is 30.3 Å². The van der Waals surface area contributed by atoms with E-state index < -0.39 is 16.5 Å². The highest BCUT2D eigenvalue weighted by Crippen LogP contribution is 2.14. The average molecular weight is 275 g/mol. The van der Waals surface area contributed by atoms with Crippen LogP contribution in [-0.2, 0) is 14.3 Å². The predicted octanol–water partition coefficient (Wildman–Crippen LogP) is 1.94. The lowest BCUT2D eigenvalue weighted by atomic mass is 10.1. The zero-order valence-corrected chi connectivity index (χ0v) is 11.8. The summed E-state index contributed by atoms with van der Waals surface area (Å²) in [6.07, 6.45) is 2.30. The first-order valence-corrected chi connectivity index (χ1v) is 6.13. The van der Waals surface area contributed by atoms with Crippen LogP contribution in [0.3, 0.4) is 0 Å². The maximum Gasteiger partial charge on any atom is 0.523 e. The van der Waals surface area contributed by atoms with Crippen LogP contribution in [0.25, 0.3) is 6.08 Å². The first-order chi connectivity index (χ1) is 9.49. The molecule has 1 aromatic carbocycles. The Hall–Kier alpha value is -2.27. The van der Waals surface area contributed by atoms with E-state index in [2.05, 4.69) is 4.74 Å². The van der Waals surface area contributed by atoms with Crippen molar-refractivity contribution in [1.29, 1.82) is 0 Å². The number of benzene rings is 1. The Kier molecular flexibility index (Phi) is 5.34. The summed E-state index contributed by atoms with van der Waals surface area (Å²) in [5.74, 6) is -0.641. The molecule has 1 aromatic rings. The van der Waals surface area contributed by atoms with Gasteiger partial charge in [0.15, 0.2) is 0 Å². The third-order valence-electron chi connectivity index (χ3n) is 3.11. The number of quaternary nitrogens is 1. The highest BCUT2D eigenvalue weighted by atomic mass is 16.5. The van der Waals surface area contributed by atoms with Crippen LogP contribution in [0.5, 0.6) is 0 Å². The van der Waals surface area contributed by atoms with Crippen LogP contribution in [0.1, 0.15) is 12.5 Å². The summed E-state index contributed by atoms with van der Waals surface area (Å²) in [6.45, 7) is 1.85. The zero-order chi connectivity index (χ0) is 15.2. The molecule has 5 nitrogen and oxygen atoms in total. The molecule has 5 heteroatoms. The Morgan fingerprint density at radius 2 is 1.90 bits per heavy atom. The van der Waals surface area contributed by atoms with E-state index in [1.807, 2.05) is 6.07 Å². The lowest BCUT2D eigenvalue weighted by Crippen LogP contribution is -2.54. The van der Waals surface area contributed by atoms with E-state index in [0.29, 0.717) is 5.56 Å². The number of methoxy groups -OCH3 is 1. The largest absolute Gasteiger partial charge is 0.523 e. The summed E-state index contributed by atoms with van der Waals surface area (Å²) in [5, 5.41) is 0. The molecule has 0 aliphatic carbocycles. The van der Waals surface area contributed by atoms with Gasteiger partial charge in [0, 0.05) is 0 Å². The monoisotopic (exact) mass is 275 g/mol. The lowest BCUT2D eigenvalue weighted by molar-refractivity contribution is -0.755. The van der Waals surface area contributed by atoms with E-state index in [1.165, 1.54) is 20.2 Å². The van der Waals surface area contributed by atoms with Crippen LogP contribution in [0.15, 0.2) is 35.9 Å². The number of carbonyl (C=O) groups is 2. The molecule has 0 spiro atoms. The molecule has 0 heterocycles. The molecular formula is C15H17NO4+. The second-order valence-electron chi connectivity index (χ2n) is 4.35. The van der Waals surface area contributed by atoms with Crippen LogP contribution in [0.2, 0.25) is 0 Å². The number of rotatable bonds is 4. The molecule has 20 heavy (non-hydrogen) atoms. The molecule has 0 bridgehead atoms. The number of imide groups is 1. The van der Waals surface area contributed by atoms with Gasteiger partial charge in [-0.15, -0.1) is 0 Å². The van der Waals surface area contributed by atoms with Crippen LogP contribution in [0, 0.1) is 0 Å². The number of nitrogens with zero attached hydrogens (tertiary/aromatic N) is 1. The van der Waals surface area contributed by atoms with Gasteiger partial charge in [-0.3, -0.25) is 4.79 Å². The van der Waals surface area contributed by atoms with Crippen molar-refractivity contribution in [1.82, 2.24) is 0 Å². The fourth-order valence-electron chi connectivity index (χ4n) is 1.67. The smallest absolute Gasteiger partial charge is 0.423 e.